The molecule has 0 spiro atoms. The average Bonchev–Trinajstić information content (AvgIpc) is 3.13. The SMILES string of the molecule is COCc1c(C(=O)OCC(=O)N[C@H]2CCS(=O)(=O)C2)oc2ccccc12. The lowest BCUT2D eigenvalue weighted by atomic mass is 10.1. The van der Waals surface area contributed by atoms with Crippen LogP contribution in [-0.4, -0.2) is 51.6 Å². The molecule has 1 fully saturated rings. The molecule has 1 amide bonds. The zero-order chi connectivity index (χ0) is 18.7. The Morgan fingerprint density at radius 2 is 2.08 bits per heavy atom. The number of hydrogen-bond acceptors (Lipinski definition) is 7. The summed E-state index contributed by atoms with van der Waals surface area (Å²) in [7, 11) is -1.59. The largest absolute Gasteiger partial charge is 0.450 e. The van der Waals surface area contributed by atoms with Gasteiger partial charge in [0.2, 0.25) is 5.76 Å². The number of esters is 1. The van der Waals surface area contributed by atoms with Crippen LogP contribution in [0.5, 0.6) is 0 Å². The van der Waals surface area contributed by atoms with Crippen LogP contribution >= 0.6 is 0 Å². The highest BCUT2D eigenvalue weighted by molar-refractivity contribution is 7.91. The van der Waals surface area contributed by atoms with Gasteiger partial charge in [-0.05, 0) is 12.5 Å². The summed E-state index contributed by atoms with van der Waals surface area (Å²) in [6, 6.07) is 6.67. The van der Waals surface area contributed by atoms with Crippen molar-refractivity contribution in [2.24, 2.45) is 0 Å². The molecule has 1 N–H and O–H groups in total. The van der Waals surface area contributed by atoms with Crippen LogP contribution in [0.4, 0.5) is 0 Å². The maximum Gasteiger partial charge on any atom is 0.375 e. The number of fused-ring (bicyclic) bond motifs is 1. The standard InChI is InChI=1S/C17H19NO7S/c1-23-8-13-12-4-2-3-5-14(12)25-16(13)17(20)24-9-15(19)18-11-6-7-26(21,22)10-11/h2-5,11H,6-10H2,1H3,(H,18,19)/t11-/m0/s1. The zero-order valence-corrected chi connectivity index (χ0v) is 15.0. The van der Waals surface area contributed by atoms with Crippen LogP contribution in [0, 0.1) is 0 Å². The number of amides is 1. The number of ether oxygens (including phenoxy) is 2. The minimum absolute atomic E-state index is 0.00991. The Labute approximate surface area is 150 Å². The zero-order valence-electron chi connectivity index (χ0n) is 14.2. The van der Waals surface area contributed by atoms with E-state index in [0.717, 1.165) is 5.39 Å². The molecule has 1 atom stereocenters. The molecule has 0 unspecified atom stereocenters. The van der Waals surface area contributed by atoms with E-state index in [2.05, 4.69) is 5.32 Å². The summed E-state index contributed by atoms with van der Waals surface area (Å²) in [6.07, 6.45) is 0.365. The number of hydrogen-bond donors (Lipinski definition) is 1. The Balaban J connectivity index is 1.64. The second kappa shape index (κ2) is 7.46. The van der Waals surface area contributed by atoms with E-state index in [1.54, 1.807) is 18.2 Å². The molecule has 140 valence electrons. The molecule has 1 saturated heterocycles. The molecular formula is C17H19NO7S. The van der Waals surface area contributed by atoms with E-state index in [0.29, 0.717) is 17.6 Å². The fraction of sp³-hybridized carbons (Fsp3) is 0.412. The predicted molar refractivity (Wildman–Crippen MR) is 92.4 cm³/mol. The Morgan fingerprint density at radius 1 is 1.31 bits per heavy atom. The molecule has 8 nitrogen and oxygen atoms in total. The second-order valence-electron chi connectivity index (χ2n) is 6.08. The summed E-state index contributed by atoms with van der Waals surface area (Å²) < 4.78 is 38.5. The van der Waals surface area contributed by atoms with Crippen molar-refractivity contribution in [3.63, 3.8) is 0 Å². The number of carbonyl (C=O) groups is 2. The molecule has 0 aliphatic carbocycles. The predicted octanol–water partition coefficient (Wildman–Crippen LogP) is 1.04. The van der Waals surface area contributed by atoms with Gasteiger partial charge in [0.05, 0.1) is 18.1 Å². The number of furan rings is 1. The average molecular weight is 381 g/mol. The van der Waals surface area contributed by atoms with Crippen LogP contribution in [0.2, 0.25) is 0 Å². The molecule has 2 heterocycles. The third-order valence-electron chi connectivity index (χ3n) is 4.10. The fourth-order valence-corrected chi connectivity index (χ4v) is 4.60. The first kappa shape index (κ1) is 18.4. The van der Waals surface area contributed by atoms with Crippen molar-refractivity contribution in [3.05, 3.63) is 35.6 Å². The molecule has 0 saturated carbocycles. The maximum atomic E-state index is 12.3. The number of nitrogens with one attached hydrogen (secondary N) is 1. The van der Waals surface area contributed by atoms with Gasteiger partial charge >= 0.3 is 5.97 Å². The van der Waals surface area contributed by atoms with Crippen molar-refractivity contribution in [1.29, 1.82) is 0 Å². The van der Waals surface area contributed by atoms with Crippen molar-refractivity contribution in [2.75, 3.05) is 25.2 Å². The minimum Gasteiger partial charge on any atom is -0.450 e. The fourth-order valence-electron chi connectivity index (χ4n) is 2.93. The molecule has 1 aromatic carbocycles. The summed E-state index contributed by atoms with van der Waals surface area (Å²) >= 11 is 0. The summed E-state index contributed by atoms with van der Waals surface area (Å²) in [6.45, 7) is -0.355. The number of sulfone groups is 1. The van der Waals surface area contributed by atoms with Gasteiger partial charge in [-0.15, -0.1) is 0 Å². The first-order valence-corrected chi connectivity index (χ1v) is 9.88. The molecule has 0 radical (unpaired) electrons. The molecule has 26 heavy (non-hydrogen) atoms. The monoisotopic (exact) mass is 381 g/mol. The number of rotatable bonds is 6. The van der Waals surface area contributed by atoms with E-state index in [-0.39, 0.29) is 23.9 Å². The lowest BCUT2D eigenvalue weighted by molar-refractivity contribution is -0.124. The highest BCUT2D eigenvalue weighted by Gasteiger charge is 2.29. The van der Waals surface area contributed by atoms with E-state index in [1.165, 1.54) is 7.11 Å². The van der Waals surface area contributed by atoms with Crippen LogP contribution in [0.1, 0.15) is 22.5 Å². The van der Waals surface area contributed by atoms with Gasteiger partial charge in [-0.2, -0.15) is 0 Å². The third kappa shape index (κ3) is 4.05. The van der Waals surface area contributed by atoms with Crippen LogP contribution in [0.15, 0.2) is 28.7 Å². The number of methoxy groups -OCH3 is 1. The lowest BCUT2D eigenvalue weighted by Gasteiger charge is -2.10. The highest BCUT2D eigenvalue weighted by Crippen LogP contribution is 2.27. The van der Waals surface area contributed by atoms with E-state index >= 15 is 0 Å². The molecule has 9 heteroatoms. The smallest absolute Gasteiger partial charge is 0.375 e. The van der Waals surface area contributed by atoms with E-state index < -0.39 is 34.4 Å². The van der Waals surface area contributed by atoms with E-state index in [1.807, 2.05) is 6.07 Å². The van der Waals surface area contributed by atoms with Crippen molar-refractivity contribution >= 4 is 32.7 Å². The van der Waals surface area contributed by atoms with Gasteiger partial charge in [0.25, 0.3) is 5.91 Å². The molecule has 3 rings (SSSR count). The van der Waals surface area contributed by atoms with Gasteiger partial charge in [0.1, 0.15) is 5.58 Å². The topological polar surface area (TPSA) is 112 Å². The van der Waals surface area contributed by atoms with Gasteiger partial charge in [-0.25, -0.2) is 13.2 Å². The maximum absolute atomic E-state index is 12.3. The molecule has 1 aliphatic rings. The quantitative estimate of drug-likeness (QED) is 0.744. The summed E-state index contributed by atoms with van der Waals surface area (Å²) in [5, 5.41) is 3.29. The summed E-state index contributed by atoms with van der Waals surface area (Å²) in [5.41, 5.74) is 1.07. The van der Waals surface area contributed by atoms with E-state index in [4.69, 9.17) is 13.9 Å². The Morgan fingerprint density at radius 3 is 2.77 bits per heavy atom. The van der Waals surface area contributed by atoms with Gasteiger partial charge < -0.3 is 19.2 Å². The lowest BCUT2D eigenvalue weighted by Crippen LogP contribution is -2.38. The Hall–Kier alpha value is -2.39. The summed E-state index contributed by atoms with van der Waals surface area (Å²) in [5.74, 6) is -1.37. The molecule has 0 bridgehead atoms. The van der Waals surface area contributed by atoms with Crippen LogP contribution < -0.4 is 5.32 Å². The summed E-state index contributed by atoms with van der Waals surface area (Å²) in [4.78, 5) is 24.2. The van der Waals surface area contributed by atoms with Crippen molar-refractivity contribution in [2.45, 2.75) is 19.1 Å². The van der Waals surface area contributed by atoms with Crippen molar-refractivity contribution in [1.82, 2.24) is 5.32 Å². The van der Waals surface area contributed by atoms with Gasteiger partial charge in [-0.3, -0.25) is 4.79 Å². The first-order chi connectivity index (χ1) is 12.4. The normalized spacial score (nSPS) is 18.7. The number of para-hydroxylation sites is 1. The molecule has 1 aliphatic heterocycles. The van der Waals surface area contributed by atoms with Crippen molar-refractivity contribution < 1.29 is 31.9 Å². The Kier molecular flexibility index (Phi) is 5.28. The molecule has 2 aromatic rings. The first-order valence-electron chi connectivity index (χ1n) is 8.06. The molecule has 1 aromatic heterocycles. The highest BCUT2D eigenvalue weighted by atomic mass is 32.2. The number of benzene rings is 1. The third-order valence-corrected chi connectivity index (χ3v) is 5.87. The van der Waals surface area contributed by atoms with Crippen LogP contribution in [0.3, 0.4) is 0 Å². The van der Waals surface area contributed by atoms with Crippen LogP contribution in [0.25, 0.3) is 11.0 Å². The number of carbonyl (C=O) groups excluding carboxylic acids is 2. The van der Waals surface area contributed by atoms with Crippen molar-refractivity contribution in [3.8, 4) is 0 Å². The molecular weight excluding hydrogens is 362 g/mol. The van der Waals surface area contributed by atoms with Crippen LogP contribution in [-0.2, 0) is 30.7 Å². The van der Waals surface area contributed by atoms with Gasteiger partial charge in [-0.1, -0.05) is 18.2 Å². The van der Waals surface area contributed by atoms with E-state index in [9.17, 15) is 18.0 Å². The van der Waals surface area contributed by atoms with Gasteiger partial charge in [0.15, 0.2) is 16.4 Å². The van der Waals surface area contributed by atoms with Gasteiger partial charge in [0, 0.05) is 24.1 Å². The minimum atomic E-state index is -3.09. The second-order valence-corrected chi connectivity index (χ2v) is 8.31. The Bertz CT molecular complexity index is 932.